The Balaban J connectivity index is 1.49. The molecule has 1 heterocycles. The highest BCUT2D eigenvalue weighted by Gasteiger charge is 2.53. The molecule has 27 nitrogen and oxygen atoms in total. The fourth-order valence-electron chi connectivity index (χ4n) is 9.92. The number of aliphatic hydroxyl groups is 2. The van der Waals surface area contributed by atoms with Crippen molar-refractivity contribution >= 4 is 70.9 Å². The van der Waals surface area contributed by atoms with Gasteiger partial charge in [-0.1, -0.05) is 136 Å². The highest BCUT2D eigenvalue weighted by atomic mass is 16.3. The van der Waals surface area contributed by atoms with Crippen molar-refractivity contribution in [3.63, 3.8) is 0 Å². The van der Waals surface area contributed by atoms with Crippen LogP contribution in [0.5, 0.6) is 0 Å². The summed E-state index contributed by atoms with van der Waals surface area (Å²) in [5.74, 6) is -12.2. The Bertz CT molecular complexity index is 2800. The van der Waals surface area contributed by atoms with Crippen LogP contribution in [-0.2, 0) is 64.0 Å². The van der Waals surface area contributed by atoms with Crippen LogP contribution in [-0.4, -0.2) is 173 Å². The van der Waals surface area contributed by atoms with Gasteiger partial charge in [0.2, 0.25) is 70.9 Å². The number of benzene rings is 2. The number of likely N-dealkylation sites (N-methyl/N-ethyl adjacent to an activating group) is 1. The largest absolute Gasteiger partial charge is 0.394 e. The fourth-order valence-corrected chi connectivity index (χ4v) is 9.92. The van der Waals surface area contributed by atoms with Gasteiger partial charge < -0.3 is 79.7 Å². The third-order valence-electron chi connectivity index (χ3n) is 17.0. The van der Waals surface area contributed by atoms with Crippen molar-refractivity contribution in [2.75, 3.05) is 20.3 Å². The van der Waals surface area contributed by atoms with E-state index in [0.717, 1.165) is 16.7 Å². The fraction of sp³-hybridized carbons (Fsp3) is 0.613. The molecule has 4 rings (SSSR count). The summed E-state index contributed by atoms with van der Waals surface area (Å²) in [6, 6.07) is 2.46. The van der Waals surface area contributed by atoms with Gasteiger partial charge in [0.05, 0.1) is 25.3 Å². The minimum Gasteiger partial charge on any atom is -0.394 e. The molecule has 1 aliphatic heterocycles. The smallest absolute Gasteiger partial charge is 0.246 e. The molecule has 27 heteroatoms. The summed E-state index contributed by atoms with van der Waals surface area (Å²) in [7, 11) is 1.61. The van der Waals surface area contributed by atoms with Crippen LogP contribution in [0, 0.1) is 23.7 Å². The molecule has 1 saturated heterocycles. The average molecular weight is 1250 g/mol. The summed E-state index contributed by atoms with van der Waals surface area (Å²) in [6.07, 6.45) is 1.46. The molecule has 2 aromatic carbocycles. The summed E-state index contributed by atoms with van der Waals surface area (Å²) in [5.41, 5.74) is 7.06. The maximum absolute atomic E-state index is 14.4. The van der Waals surface area contributed by atoms with Crippen molar-refractivity contribution < 1.29 is 67.7 Å². The van der Waals surface area contributed by atoms with Crippen LogP contribution in [0.15, 0.2) is 54.6 Å². The van der Waals surface area contributed by atoms with E-state index in [4.69, 9.17) is 5.73 Å². The van der Waals surface area contributed by atoms with Gasteiger partial charge in [-0.15, -0.1) is 0 Å². The molecule has 2 aliphatic rings. The first-order valence-electron chi connectivity index (χ1n) is 30.8. The van der Waals surface area contributed by atoms with Crippen molar-refractivity contribution in [2.45, 2.75) is 199 Å². The number of rotatable bonds is 31. The molecule has 2 fully saturated rings. The monoisotopic (exact) mass is 1250 g/mol. The van der Waals surface area contributed by atoms with Crippen molar-refractivity contribution in [3.8, 4) is 11.1 Å². The summed E-state index contributed by atoms with van der Waals surface area (Å²) in [5, 5.41) is 52.6. The van der Waals surface area contributed by atoms with Gasteiger partial charge in [-0.2, -0.15) is 0 Å². The van der Waals surface area contributed by atoms with Crippen LogP contribution in [0.25, 0.3) is 11.1 Å². The number of amides is 12. The number of primary amides is 1. The number of carbonyl (C=O) groups excluding carboxylic acids is 12. The van der Waals surface area contributed by atoms with E-state index in [1.807, 2.05) is 61.5 Å². The van der Waals surface area contributed by atoms with Crippen LogP contribution in [0.3, 0.4) is 0 Å². The zero-order valence-corrected chi connectivity index (χ0v) is 53.0. The molecule has 1 aliphatic carbocycles. The van der Waals surface area contributed by atoms with Crippen LogP contribution in [0.2, 0.25) is 0 Å². The molecule has 15 atom stereocenters. The molecule has 0 bridgehead atoms. The van der Waals surface area contributed by atoms with Gasteiger partial charge in [0.1, 0.15) is 59.9 Å². The second-order valence-corrected chi connectivity index (χ2v) is 23.7. The Hall–Kier alpha value is -8.04. The minimum atomic E-state index is -1.77. The highest BCUT2D eigenvalue weighted by molar-refractivity contribution is 6.01. The predicted octanol–water partition coefficient (Wildman–Crippen LogP) is -1.53. The van der Waals surface area contributed by atoms with Gasteiger partial charge in [0.15, 0.2) is 0 Å². The van der Waals surface area contributed by atoms with Crippen molar-refractivity contribution in [3.05, 3.63) is 60.2 Å². The van der Waals surface area contributed by atoms with E-state index in [9.17, 15) is 67.7 Å². The van der Waals surface area contributed by atoms with E-state index >= 15 is 0 Å². The lowest BCUT2D eigenvalue weighted by Gasteiger charge is -2.32. The highest BCUT2D eigenvalue weighted by Crippen LogP contribution is 2.36. The molecule has 16 N–H and O–H groups in total. The lowest BCUT2D eigenvalue weighted by molar-refractivity contribution is -0.138. The first-order valence-corrected chi connectivity index (χ1v) is 30.8. The van der Waals surface area contributed by atoms with E-state index in [1.165, 1.54) is 13.8 Å². The number of nitrogens with two attached hydrogens (primary N) is 1. The topological polar surface area (TPSA) is 416 Å². The van der Waals surface area contributed by atoms with Crippen molar-refractivity contribution in [1.29, 1.82) is 0 Å². The van der Waals surface area contributed by atoms with Crippen molar-refractivity contribution in [2.24, 2.45) is 29.4 Å². The van der Waals surface area contributed by atoms with Gasteiger partial charge in [-0.05, 0) is 86.9 Å². The Morgan fingerprint density at radius 3 is 1.49 bits per heavy atom. The molecule has 0 radical (unpaired) electrons. The normalized spacial score (nSPS) is 21.2. The van der Waals surface area contributed by atoms with Gasteiger partial charge in [-0.3, -0.25) is 57.5 Å². The number of nitrogens with one attached hydrogen (secondary N) is 12. The Morgan fingerprint density at radius 1 is 0.562 bits per heavy atom. The standard InChI is InChI=1S/C62H95N13O14/c1-12-32(5)46(71-53(81)42(64-11)29-38-21-23-40(24-22-38)39-19-17-16-18-20-39)57(85)68-43(30-76)54(82)67-41(25-26-45(63)78)52(80)70-48(34(7)14-3)59(87)72-47(33(6)13-2)58(86)69-44(31-77)55(83)73-50-36(9)65-56(84)49(35(8)15-4)74-61(89)62(27-28-62)75-51(79)37(10)66-60(50)88/h16-24,32-37,41-44,46-50,64,76-77H,12-15,25-31H2,1-11H3,(H2,63,78)(H,65,84)(H,66,88)(H,67,82)(H,68,85)(H,69,86)(H,70,80)(H,71,81)(H,72,87)(H,73,83)(H,74,89)(H,75,79)/t32-,33-,34-,35-,36-,37-,41+,42+,43-,44-,46-,47-,48+,49-,50+/m0/s1. The Labute approximate surface area is 520 Å². The molecular formula is C62H95N13O14. The number of hydrogen-bond donors (Lipinski definition) is 15. The van der Waals surface area contributed by atoms with Gasteiger partial charge in [-0.25, -0.2) is 0 Å². The van der Waals surface area contributed by atoms with E-state index in [-0.39, 0.29) is 19.3 Å². The maximum atomic E-state index is 14.4. The van der Waals surface area contributed by atoms with Crippen LogP contribution < -0.4 is 69.5 Å². The predicted molar refractivity (Wildman–Crippen MR) is 330 cm³/mol. The lowest BCUT2D eigenvalue weighted by atomic mass is 9.94. The second kappa shape index (κ2) is 34.6. The zero-order valence-electron chi connectivity index (χ0n) is 53.0. The van der Waals surface area contributed by atoms with Crippen LogP contribution in [0.1, 0.15) is 126 Å². The third-order valence-corrected chi connectivity index (χ3v) is 17.0. The second-order valence-electron chi connectivity index (χ2n) is 23.7. The number of carbonyl (C=O) groups is 12. The Kier molecular flexibility index (Phi) is 28.6. The van der Waals surface area contributed by atoms with Crippen molar-refractivity contribution in [1.82, 2.24) is 63.8 Å². The average Bonchev–Trinajstić information content (AvgIpc) is 1.71. The molecule has 89 heavy (non-hydrogen) atoms. The van der Waals surface area contributed by atoms with Gasteiger partial charge in [0, 0.05) is 6.42 Å². The molecule has 0 unspecified atom stereocenters. The molecule has 1 saturated carbocycles. The molecule has 492 valence electrons. The minimum absolute atomic E-state index is 0.269. The molecule has 2 aromatic rings. The van der Waals surface area contributed by atoms with Gasteiger partial charge >= 0.3 is 0 Å². The Morgan fingerprint density at radius 2 is 1.02 bits per heavy atom. The molecular weight excluding hydrogens is 1150 g/mol. The van der Waals surface area contributed by atoms with E-state index in [1.54, 1.807) is 55.5 Å². The summed E-state index contributed by atoms with van der Waals surface area (Å²) < 4.78 is 0. The van der Waals surface area contributed by atoms with Gasteiger partial charge in [0.25, 0.3) is 0 Å². The number of aliphatic hydroxyl groups excluding tert-OH is 2. The van der Waals surface area contributed by atoms with Crippen LogP contribution >= 0.6 is 0 Å². The molecule has 12 amide bonds. The van der Waals surface area contributed by atoms with E-state index in [0.29, 0.717) is 25.7 Å². The number of hydrogen-bond acceptors (Lipinski definition) is 15. The van der Waals surface area contributed by atoms with Crippen LogP contribution in [0.4, 0.5) is 0 Å². The maximum Gasteiger partial charge on any atom is 0.246 e. The van der Waals surface area contributed by atoms with E-state index < -0.39 is 193 Å². The first kappa shape index (κ1) is 73.4. The lowest BCUT2D eigenvalue weighted by Crippen LogP contribution is -2.64. The molecule has 0 aromatic heterocycles. The quantitative estimate of drug-likeness (QED) is 0.0407. The first-order chi connectivity index (χ1) is 42.1. The summed E-state index contributed by atoms with van der Waals surface area (Å²) in [6.45, 7) is 14.5. The third kappa shape index (κ3) is 20.8. The molecule has 1 spiro atoms. The summed E-state index contributed by atoms with van der Waals surface area (Å²) in [4.78, 5) is 165. The zero-order chi connectivity index (χ0) is 66.4. The SMILES string of the molecule is CC[C@H](C)[C@H](NC(=O)[C@@H](Cc1ccc(-c2ccccc2)cc1)NC)C(=O)N[C@@H](CO)C(=O)N[C@H](CCC(N)=O)C(=O)N[C@@H](C(=O)N[C@H](C(=O)N[C@@H](CO)C(=O)N[C@H]1C(=O)N[C@@H](C)C(=O)NC2(CC2)C(=O)N[C@@H]([C@@H](C)CC)C(=O)N[C@H]1C)[C@@H](C)CC)[C@@H](C)CC. The summed E-state index contributed by atoms with van der Waals surface area (Å²) >= 11 is 0. The van der Waals surface area contributed by atoms with E-state index in [2.05, 4.69) is 63.8 Å².